The Labute approximate surface area is 147 Å². The molecule has 2 aliphatic heterocycles. The van der Waals surface area contributed by atoms with Gasteiger partial charge in [0, 0.05) is 35.8 Å². The lowest BCUT2D eigenvalue weighted by Gasteiger charge is -2.14. The first-order valence-electron chi connectivity index (χ1n) is 8.78. The third kappa shape index (κ3) is 3.02. The third-order valence-electron chi connectivity index (χ3n) is 4.62. The summed E-state index contributed by atoms with van der Waals surface area (Å²) in [6, 6.07) is 9.62. The second kappa shape index (κ2) is 6.31. The van der Waals surface area contributed by atoms with Crippen LogP contribution in [-0.2, 0) is 12.8 Å². The van der Waals surface area contributed by atoms with Crippen molar-refractivity contribution >= 4 is 17.3 Å². The lowest BCUT2D eigenvalue weighted by molar-refractivity contribution is 0.102. The first-order valence-corrected chi connectivity index (χ1v) is 8.78. The van der Waals surface area contributed by atoms with Crippen LogP contribution in [0.2, 0.25) is 0 Å². The number of amides is 1. The van der Waals surface area contributed by atoms with E-state index in [-0.39, 0.29) is 12.0 Å². The van der Waals surface area contributed by atoms with E-state index >= 15 is 0 Å². The van der Waals surface area contributed by atoms with Gasteiger partial charge in [0.05, 0.1) is 12.3 Å². The summed E-state index contributed by atoms with van der Waals surface area (Å²) in [5, 5.41) is 6.29. The largest absolute Gasteiger partial charge is 0.492 e. The van der Waals surface area contributed by atoms with Crippen LogP contribution in [0.3, 0.4) is 0 Å². The standard InChI is InChI=1S/C20H22N2O3/c1-3-24-19-10-15-8-12(2)25-18(15)11-17(19)22-20(23)14-4-5-16-13(9-14)6-7-21-16/h4-5,9-12,21H,3,6-8H2,1-2H3,(H,22,23). The molecule has 2 N–H and O–H groups in total. The second-order valence-corrected chi connectivity index (χ2v) is 6.52. The highest BCUT2D eigenvalue weighted by Gasteiger charge is 2.23. The molecule has 2 aromatic carbocycles. The van der Waals surface area contributed by atoms with Gasteiger partial charge in [-0.25, -0.2) is 0 Å². The van der Waals surface area contributed by atoms with Gasteiger partial charge in [-0.1, -0.05) is 0 Å². The molecular weight excluding hydrogens is 316 g/mol. The molecule has 1 unspecified atom stereocenters. The lowest BCUT2D eigenvalue weighted by atomic mass is 10.1. The number of carbonyl (C=O) groups is 1. The molecule has 25 heavy (non-hydrogen) atoms. The van der Waals surface area contributed by atoms with Crippen LogP contribution in [0.1, 0.15) is 35.3 Å². The topological polar surface area (TPSA) is 59.6 Å². The minimum Gasteiger partial charge on any atom is -0.492 e. The van der Waals surface area contributed by atoms with E-state index in [0.29, 0.717) is 23.6 Å². The number of hydrogen-bond acceptors (Lipinski definition) is 4. The summed E-state index contributed by atoms with van der Waals surface area (Å²) in [6.07, 6.45) is 1.96. The number of rotatable bonds is 4. The molecule has 2 aromatic rings. The number of anilines is 2. The monoisotopic (exact) mass is 338 g/mol. The smallest absolute Gasteiger partial charge is 0.255 e. The minimum absolute atomic E-state index is 0.137. The van der Waals surface area contributed by atoms with Crippen molar-refractivity contribution in [1.82, 2.24) is 0 Å². The van der Waals surface area contributed by atoms with Gasteiger partial charge in [0.25, 0.3) is 5.91 Å². The fourth-order valence-corrected chi connectivity index (χ4v) is 3.45. The number of fused-ring (bicyclic) bond motifs is 2. The number of nitrogens with one attached hydrogen (secondary N) is 2. The number of ether oxygens (including phenoxy) is 2. The predicted molar refractivity (Wildman–Crippen MR) is 98.0 cm³/mol. The molecule has 0 radical (unpaired) electrons. The van der Waals surface area contributed by atoms with E-state index in [9.17, 15) is 4.79 Å². The molecule has 5 nitrogen and oxygen atoms in total. The number of hydrogen-bond donors (Lipinski definition) is 2. The lowest BCUT2D eigenvalue weighted by Crippen LogP contribution is -2.13. The first-order chi connectivity index (χ1) is 12.1. The zero-order valence-corrected chi connectivity index (χ0v) is 14.5. The fourth-order valence-electron chi connectivity index (χ4n) is 3.45. The molecule has 0 saturated heterocycles. The molecule has 0 saturated carbocycles. The van der Waals surface area contributed by atoms with E-state index in [1.165, 1.54) is 5.56 Å². The molecule has 1 atom stereocenters. The molecular formula is C20H22N2O3. The predicted octanol–water partition coefficient (Wildman–Crippen LogP) is 3.63. The molecule has 4 rings (SSSR count). The molecule has 0 aliphatic carbocycles. The van der Waals surface area contributed by atoms with E-state index in [0.717, 1.165) is 36.4 Å². The number of benzene rings is 2. The molecule has 130 valence electrons. The number of carbonyl (C=O) groups excluding carboxylic acids is 1. The summed E-state index contributed by atoms with van der Waals surface area (Å²) in [4.78, 5) is 12.7. The molecule has 0 spiro atoms. The van der Waals surface area contributed by atoms with Crippen molar-refractivity contribution in [3.63, 3.8) is 0 Å². The van der Waals surface area contributed by atoms with Crippen LogP contribution in [0.5, 0.6) is 11.5 Å². The Morgan fingerprint density at radius 3 is 3.04 bits per heavy atom. The highest BCUT2D eigenvalue weighted by Crippen LogP contribution is 2.38. The highest BCUT2D eigenvalue weighted by molar-refractivity contribution is 6.05. The maximum absolute atomic E-state index is 12.7. The van der Waals surface area contributed by atoms with Crippen LogP contribution in [0.25, 0.3) is 0 Å². The van der Waals surface area contributed by atoms with Gasteiger partial charge >= 0.3 is 0 Å². The molecule has 0 fully saturated rings. The van der Waals surface area contributed by atoms with Crippen molar-refractivity contribution in [1.29, 1.82) is 0 Å². The molecule has 2 heterocycles. The van der Waals surface area contributed by atoms with Crippen LogP contribution < -0.4 is 20.1 Å². The maximum atomic E-state index is 12.7. The average molecular weight is 338 g/mol. The summed E-state index contributed by atoms with van der Waals surface area (Å²) < 4.78 is 11.5. The first kappa shape index (κ1) is 15.8. The third-order valence-corrected chi connectivity index (χ3v) is 4.62. The molecule has 0 bridgehead atoms. The summed E-state index contributed by atoms with van der Waals surface area (Å²) in [5.41, 5.74) is 4.73. The van der Waals surface area contributed by atoms with E-state index in [4.69, 9.17) is 9.47 Å². The van der Waals surface area contributed by atoms with E-state index in [1.54, 1.807) is 0 Å². The van der Waals surface area contributed by atoms with E-state index < -0.39 is 0 Å². The van der Waals surface area contributed by atoms with Gasteiger partial charge in [-0.3, -0.25) is 4.79 Å². The van der Waals surface area contributed by atoms with Crippen molar-refractivity contribution in [3.8, 4) is 11.5 Å². The van der Waals surface area contributed by atoms with Crippen LogP contribution in [0.15, 0.2) is 30.3 Å². The zero-order chi connectivity index (χ0) is 17.4. The van der Waals surface area contributed by atoms with Crippen molar-refractivity contribution in [3.05, 3.63) is 47.0 Å². The van der Waals surface area contributed by atoms with Crippen LogP contribution in [0, 0.1) is 0 Å². The highest BCUT2D eigenvalue weighted by atomic mass is 16.5. The van der Waals surface area contributed by atoms with Crippen LogP contribution >= 0.6 is 0 Å². The Morgan fingerprint density at radius 2 is 2.20 bits per heavy atom. The zero-order valence-electron chi connectivity index (χ0n) is 14.5. The molecule has 0 aromatic heterocycles. The minimum atomic E-state index is -0.137. The molecule has 5 heteroatoms. The fraction of sp³-hybridized carbons (Fsp3) is 0.350. The van der Waals surface area contributed by atoms with Crippen LogP contribution in [-0.4, -0.2) is 25.2 Å². The summed E-state index contributed by atoms with van der Waals surface area (Å²) in [6.45, 7) is 5.44. The average Bonchev–Trinajstić information content (AvgIpc) is 3.19. The van der Waals surface area contributed by atoms with E-state index in [1.807, 2.05) is 44.2 Å². The summed E-state index contributed by atoms with van der Waals surface area (Å²) in [7, 11) is 0. The SMILES string of the molecule is CCOc1cc2c(cc1NC(=O)c1ccc3c(c1)CCN3)OC(C)C2. The maximum Gasteiger partial charge on any atom is 0.255 e. The molecule has 2 aliphatic rings. The van der Waals surface area contributed by atoms with Gasteiger partial charge < -0.3 is 20.1 Å². The Hall–Kier alpha value is -2.69. The summed E-state index contributed by atoms with van der Waals surface area (Å²) >= 11 is 0. The van der Waals surface area contributed by atoms with Crippen LogP contribution in [0.4, 0.5) is 11.4 Å². The Balaban J connectivity index is 1.61. The van der Waals surface area contributed by atoms with Crippen molar-refractivity contribution in [2.45, 2.75) is 32.8 Å². The van der Waals surface area contributed by atoms with Gasteiger partial charge in [-0.15, -0.1) is 0 Å². The Kier molecular flexibility index (Phi) is 3.99. The normalized spacial score (nSPS) is 17.3. The van der Waals surface area contributed by atoms with Gasteiger partial charge in [-0.2, -0.15) is 0 Å². The van der Waals surface area contributed by atoms with Gasteiger partial charge in [0.1, 0.15) is 17.6 Å². The van der Waals surface area contributed by atoms with Gasteiger partial charge in [0.15, 0.2) is 0 Å². The second-order valence-electron chi connectivity index (χ2n) is 6.52. The van der Waals surface area contributed by atoms with Crippen molar-refractivity contribution in [2.24, 2.45) is 0 Å². The Morgan fingerprint density at radius 1 is 1.32 bits per heavy atom. The van der Waals surface area contributed by atoms with E-state index in [2.05, 4.69) is 10.6 Å². The quantitative estimate of drug-likeness (QED) is 0.894. The van der Waals surface area contributed by atoms with Crippen molar-refractivity contribution < 1.29 is 14.3 Å². The molecule has 1 amide bonds. The van der Waals surface area contributed by atoms with Gasteiger partial charge in [0.2, 0.25) is 0 Å². The Bertz CT molecular complexity index is 832. The summed E-state index contributed by atoms with van der Waals surface area (Å²) in [5.74, 6) is 1.38. The van der Waals surface area contributed by atoms with Crippen molar-refractivity contribution in [2.75, 3.05) is 23.8 Å². The van der Waals surface area contributed by atoms with Gasteiger partial charge in [-0.05, 0) is 50.1 Å².